The fourth-order valence-corrected chi connectivity index (χ4v) is 3.41. The summed E-state index contributed by atoms with van der Waals surface area (Å²) in [7, 11) is 1.55. The summed E-state index contributed by atoms with van der Waals surface area (Å²) in [4.78, 5) is 30.2. The smallest absolute Gasteiger partial charge is 0.406 e. The number of amides is 2. The number of thiazole rings is 1. The van der Waals surface area contributed by atoms with Gasteiger partial charge in [0.15, 0.2) is 5.13 Å². The average Bonchev–Trinajstić information content (AvgIpc) is 3.15. The third-order valence-electron chi connectivity index (χ3n) is 4.23. The fourth-order valence-electron chi connectivity index (χ4n) is 2.70. The number of carbonyl (C=O) groups excluding carboxylic acids is 2. The van der Waals surface area contributed by atoms with Crippen LogP contribution in [0.3, 0.4) is 0 Å². The van der Waals surface area contributed by atoms with Gasteiger partial charge in [-0.2, -0.15) is 0 Å². The zero-order valence-electron chi connectivity index (χ0n) is 16.6. The zero-order valence-corrected chi connectivity index (χ0v) is 17.5. The Labute approximate surface area is 184 Å². The molecular formula is C21H17F4N3O3S. The molecule has 0 bridgehead atoms. The van der Waals surface area contributed by atoms with Gasteiger partial charge in [-0.3, -0.25) is 14.9 Å². The summed E-state index contributed by atoms with van der Waals surface area (Å²) in [5.74, 6) is -1.93. The van der Waals surface area contributed by atoms with E-state index < -0.39 is 18.1 Å². The van der Waals surface area contributed by atoms with E-state index in [1.807, 2.05) is 0 Å². The molecule has 3 rings (SSSR count). The molecule has 0 aliphatic carbocycles. The largest absolute Gasteiger partial charge is 0.573 e. The predicted molar refractivity (Wildman–Crippen MR) is 110 cm³/mol. The van der Waals surface area contributed by atoms with Crippen LogP contribution in [0.2, 0.25) is 0 Å². The van der Waals surface area contributed by atoms with Gasteiger partial charge in [-0.05, 0) is 29.8 Å². The van der Waals surface area contributed by atoms with E-state index in [1.165, 1.54) is 53.4 Å². The number of rotatable bonds is 7. The number of alkyl halides is 3. The maximum atomic E-state index is 13.7. The van der Waals surface area contributed by atoms with Gasteiger partial charge in [0.2, 0.25) is 5.91 Å². The van der Waals surface area contributed by atoms with Gasteiger partial charge >= 0.3 is 6.36 Å². The lowest BCUT2D eigenvalue weighted by Crippen LogP contribution is -2.27. The third kappa shape index (κ3) is 6.51. The number of nitrogens with one attached hydrogen (secondary N) is 1. The number of hydrogen-bond acceptors (Lipinski definition) is 5. The van der Waals surface area contributed by atoms with Crippen molar-refractivity contribution < 1.29 is 31.9 Å². The van der Waals surface area contributed by atoms with Crippen LogP contribution in [0.1, 0.15) is 21.6 Å². The molecule has 0 spiro atoms. The van der Waals surface area contributed by atoms with Crippen LogP contribution in [-0.2, 0) is 17.8 Å². The summed E-state index contributed by atoms with van der Waals surface area (Å²) >= 11 is 1.10. The van der Waals surface area contributed by atoms with Gasteiger partial charge in [0, 0.05) is 19.0 Å². The van der Waals surface area contributed by atoms with Gasteiger partial charge in [-0.15, -0.1) is 24.5 Å². The maximum Gasteiger partial charge on any atom is 0.573 e. The van der Waals surface area contributed by atoms with Crippen LogP contribution < -0.4 is 10.1 Å². The molecule has 32 heavy (non-hydrogen) atoms. The first-order chi connectivity index (χ1) is 15.1. The average molecular weight is 467 g/mol. The van der Waals surface area contributed by atoms with Crippen LogP contribution in [0.5, 0.6) is 5.75 Å². The molecule has 0 aliphatic rings. The molecule has 0 radical (unpaired) electrons. The molecule has 0 atom stereocenters. The molecular weight excluding hydrogens is 450 g/mol. The van der Waals surface area contributed by atoms with Crippen molar-refractivity contribution in [2.75, 3.05) is 12.4 Å². The highest BCUT2D eigenvalue weighted by Gasteiger charge is 2.31. The Balaban J connectivity index is 1.54. The molecule has 1 aromatic heterocycles. The Morgan fingerprint density at radius 3 is 2.47 bits per heavy atom. The van der Waals surface area contributed by atoms with Crippen molar-refractivity contribution in [2.45, 2.75) is 19.3 Å². The van der Waals surface area contributed by atoms with Crippen LogP contribution in [0.15, 0.2) is 53.9 Å². The van der Waals surface area contributed by atoms with E-state index in [0.29, 0.717) is 11.3 Å². The van der Waals surface area contributed by atoms with Crippen molar-refractivity contribution in [3.05, 3.63) is 76.5 Å². The second-order valence-corrected chi connectivity index (χ2v) is 7.55. The zero-order chi connectivity index (χ0) is 23.3. The van der Waals surface area contributed by atoms with Crippen molar-refractivity contribution in [3.63, 3.8) is 0 Å². The molecule has 0 unspecified atom stereocenters. The molecule has 3 aromatic rings. The molecule has 2 amide bonds. The number of carbonyl (C=O) groups is 2. The molecule has 11 heteroatoms. The molecule has 0 saturated carbocycles. The maximum absolute atomic E-state index is 13.7. The molecule has 168 valence electrons. The van der Waals surface area contributed by atoms with E-state index in [2.05, 4.69) is 15.0 Å². The highest BCUT2D eigenvalue weighted by atomic mass is 32.1. The molecule has 1 heterocycles. The number of halogens is 4. The summed E-state index contributed by atoms with van der Waals surface area (Å²) in [6.07, 6.45) is -4.81. The molecule has 0 aliphatic heterocycles. The number of aromatic nitrogens is 1. The van der Waals surface area contributed by atoms with Gasteiger partial charge in [0.25, 0.3) is 5.91 Å². The molecule has 6 nitrogen and oxygen atoms in total. The van der Waals surface area contributed by atoms with E-state index in [0.717, 1.165) is 11.3 Å². The molecule has 0 fully saturated rings. The second-order valence-electron chi connectivity index (χ2n) is 6.70. The van der Waals surface area contributed by atoms with E-state index in [-0.39, 0.29) is 35.3 Å². The lowest BCUT2D eigenvalue weighted by atomic mass is 10.2. The Morgan fingerprint density at radius 1 is 1.12 bits per heavy atom. The highest BCUT2D eigenvalue weighted by molar-refractivity contribution is 7.14. The van der Waals surface area contributed by atoms with Gasteiger partial charge in [0.05, 0.1) is 17.7 Å². The monoisotopic (exact) mass is 467 g/mol. The quantitative estimate of drug-likeness (QED) is 0.514. The lowest BCUT2D eigenvalue weighted by molar-refractivity contribution is -0.274. The number of ether oxygens (including phenoxy) is 1. The number of anilines is 1. The number of hydrogen-bond donors (Lipinski definition) is 1. The van der Waals surface area contributed by atoms with Gasteiger partial charge < -0.3 is 9.64 Å². The predicted octanol–water partition coefficient (Wildman–Crippen LogP) is 4.63. The summed E-state index contributed by atoms with van der Waals surface area (Å²) in [5, 5.41) is 4.32. The first-order valence-electron chi connectivity index (χ1n) is 9.19. The molecule has 1 N–H and O–H groups in total. The first-order valence-corrected chi connectivity index (χ1v) is 10.1. The molecule has 2 aromatic carbocycles. The number of nitrogens with zero attached hydrogens (tertiary/aromatic N) is 2. The highest BCUT2D eigenvalue weighted by Crippen LogP contribution is 2.23. The lowest BCUT2D eigenvalue weighted by Gasteiger charge is -2.17. The summed E-state index contributed by atoms with van der Waals surface area (Å²) in [6, 6.07) is 10.7. The van der Waals surface area contributed by atoms with E-state index >= 15 is 0 Å². The van der Waals surface area contributed by atoms with Crippen molar-refractivity contribution >= 4 is 28.3 Å². The fraction of sp³-hybridized carbons (Fsp3) is 0.190. The number of likely N-dealkylation sites (N-methyl/N-ethyl adjacent to an activating group) is 1. The minimum Gasteiger partial charge on any atom is -0.406 e. The Bertz CT molecular complexity index is 1100. The van der Waals surface area contributed by atoms with Gasteiger partial charge in [-0.25, -0.2) is 9.37 Å². The Kier molecular flexibility index (Phi) is 7.08. The number of benzene rings is 2. The van der Waals surface area contributed by atoms with Crippen LogP contribution in [0, 0.1) is 5.82 Å². The van der Waals surface area contributed by atoms with Crippen molar-refractivity contribution in [3.8, 4) is 5.75 Å². The standard InChI is InChI=1S/C21H17F4N3O3S/c1-28(11-13-6-8-15(9-7-13)31-21(23,24)25)18(29)10-14-12-32-20(26-14)27-19(30)16-4-2-3-5-17(16)22/h2-9,12H,10-11H2,1H3,(H,26,27,30). The third-order valence-corrected chi connectivity index (χ3v) is 5.03. The SMILES string of the molecule is CN(Cc1ccc(OC(F)(F)F)cc1)C(=O)Cc1csc(NC(=O)c2ccccc2F)n1. The second kappa shape index (κ2) is 9.77. The minimum absolute atomic E-state index is 0.0438. The van der Waals surface area contributed by atoms with Crippen LogP contribution >= 0.6 is 11.3 Å². The van der Waals surface area contributed by atoms with Crippen molar-refractivity contribution in [1.82, 2.24) is 9.88 Å². The van der Waals surface area contributed by atoms with Crippen LogP contribution in [0.4, 0.5) is 22.7 Å². The van der Waals surface area contributed by atoms with E-state index in [9.17, 15) is 27.2 Å². The van der Waals surface area contributed by atoms with E-state index in [1.54, 1.807) is 12.4 Å². The van der Waals surface area contributed by atoms with Crippen LogP contribution in [0.25, 0.3) is 0 Å². The summed E-state index contributed by atoms with van der Waals surface area (Å²) < 4.78 is 54.2. The minimum atomic E-state index is -4.77. The van der Waals surface area contributed by atoms with Crippen LogP contribution in [-0.4, -0.2) is 35.1 Å². The Hall–Kier alpha value is -3.47. The molecule has 0 saturated heterocycles. The van der Waals surface area contributed by atoms with Crippen molar-refractivity contribution in [1.29, 1.82) is 0 Å². The Morgan fingerprint density at radius 2 is 1.81 bits per heavy atom. The topological polar surface area (TPSA) is 71.5 Å². The van der Waals surface area contributed by atoms with E-state index in [4.69, 9.17) is 0 Å². The van der Waals surface area contributed by atoms with Crippen molar-refractivity contribution in [2.24, 2.45) is 0 Å². The summed E-state index contributed by atoms with van der Waals surface area (Å²) in [6.45, 7) is 0.173. The summed E-state index contributed by atoms with van der Waals surface area (Å²) in [5.41, 5.74) is 0.919. The first kappa shape index (κ1) is 23.2. The van der Waals surface area contributed by atoms with Gasteiger partial charge in [-0.1, -0.05) is 24.3 Å². The normalized spacial score (nSPS) is 11.2. The van der Waals surface area contributed by atoms with Gasteiger partial charge in [0.1, 0.15) is 11.6 Å².